The quantitative estimate of drug-likeness (QED) is 0.501. The number of hydrogen-bond donors (Lipinski definition) is 1. The first-order valence-electron chi connectivity index (χ1n) is 10.1. The SMILES string of the molecule is O=C(COC(=O)c1ccccc1SCC(=O)N1CCCC1)NC(=O)Cc1ccccc1. The van der Waals surface area contributed by atoms with Crippen molar-refractivity contribution in [1.82, 2.24) is 10.2 Å². The summed E-state index contributed by atoms with van der Waals surface area (Å²) >= 11 is 1.27. The van der Waals surface area contributed by atoms with Gasteiger partial charge in [0.2, 0.25) is 11.8 Å². The molecule has 0 atom stereocenters. The molecule has 1 aliphatic heterocycles. The molecule has 0 bridgehead atoms. The van der Waals surface area contributed by atoms with Gasteiger partial charge < -0.3 is 9.64 Å². The minimum Gasteiger partial charge on any atom is -0.452 e. The van der Waals surface area contributed by atoms with E-state index in [4.69, 9.17) is 4.74 Å². The van der Waals surface area contributed by atoms with Gasteiger partial charge in [0.05, 0.1) is 17.7 Å². The highest BCUT2D eigenvalue weighted by atomic mass is 32.2. The van der Waals surface area contributed by atoms with E-state index in [1.807, 2.05) is 11.0 Å². The van der Waals surface area contributed by atoms with Gasteiger partial charge in [-0.05, 0) is 30.5 Å². The normalized spacial score (nSPS) is 13.0. The van der Waals surface area contributed by atoms with Crippen LogP contribution in [-0.4, -0.2) is 54.0 Å². The predicted octanol–water partition coefficient (Wildman–Crippen LogP) is 2.44. The number of esters is 1. The van der Waals surface area contributed by atoms with E-state index in [1.54, 1.807) is 48.5 Å². The Morgan fingerprint density at radius 2 is 1.58 bits per heavy atom. The van der Waals surface area contributed by atoms with Crippen LogP contribution in [0.2, 0.25) is 0 Å². The van der Waals surface area contributed by atoms with Gasteiger partial charge in [0.15, 0.2) is 6.61 Å². The molecule has 1 fully saturated rings. The number of benzene rings is 2. The minimum absolute atomic E-state index is 0.0435. The lowest BCUT2D eigenvalue weighted by Crippen LogP contribution is -2.35. The van der Waals surface area contributed by atoms with Crippen LogP contribution in [-0.2, 0) is 25.5 Å². The van der Waals surface area contributed by atoms with Crippen LogP contribution in [0.3, 0.4) is 0 Å². The number of likely N-dealkylation sites (tertiary alicyclic amines) is 1. The standard InChI is InChI=1S/C23H24N2O5S/c26-20(14-17-8-2-1-3-9-17)24-21(27)15-30-23(29)18-10-4-5-11-19(18)31-16-22(28)25-12-6-7-13-25/h1-5,8-11H,6-7,12-16H2,(H,24,26,27). The second-order valence-corrected chi connectivity index (χ2v) is 8.10. The third-order valence-electron chi connectivity index (χ3n) is 4.74. The molecule has 1 heterocycles. The maximum absolute atomic E-state index is 12.5. The first kappa shape index (κ1) is 22.6. The van der Waals surface area contributed by atoms with Crippen LogP contribution in [0.4, 0.5) is 0 Å². The van der Waals surface area contributed by atoms with Gasteiger partial charge in [0.1, 0.15) is 0 Å². The number of carbonyl (C=O) groups is 4. The third-order valence-corrected chi connectivity index (χ3v) is 5.80. The maximum Gasteiger partial charge on any atom is 0.339 e. The molecule has 8 heteroatoms. The molecule has 2 aromatic carbocycles. The fourth-order valence-electron chi connectivity index (χ4n) is 3.18. The van der Waals surface area contributed by atoms with Crippen molar-refractivity contribution in [3.05, 3.63) is 65.7 Å². The highest BCUT2D eigenvalue weighted by Gasteiger charge is 2.20. The molecule has 0 unspecified atom stereocenters. The van der Waals surface area contributed by atoms with E-state index < -0.39 is 24.4 Å². The summed E-state index contributed by atoms with van der Waals surface area (Å²) < 4.78 is 5.08. The Hall–Kier alpha value is -3.13. The zero-order valence-electron chi connectivity index (χ0n) is 17.0. The zero-order chi connectivity index (χ0) is 22.1. The summed E-state index contributed by atoms with van der Waals surface area (Å²) in [7, 11) is 0. The highest BCUT2D eigenvalue weighted by molar-refractivity contribution is 8.00. The molecule has 3 rings (SSSR count). The number of nitrogens with zero attached hydrogens (tertiary/aromatic N) is 1. The Morgan fingerprint density at radius 1 is 0.903 bits per heavy atom. The number of carbonyl (C=O) groups excluding carboxylic acids is 4. The Balaban J connectivity index is 1.48. The summed E-state index contributed by atoms with van der Waals surface area (Å²) in [4.78, 5) is 51.0. The van der Waals surface area contributed by atoms with Gasteiger partial charge in [-0.2, -0.15) is 0 Å². The van der Waals surface area contributed by atoms with Crippen LogP contribution < -0.4 is 5.32 Å². The number of thioether (sulfide) groups is 1. The molecule has 1 saturated heterocycles. The van der Waals surface area contributed by atoms with Crippen molar-refractivity contribution in [1.29, 1.82) is 0 Å². The van der Waals surface area contributed by atoms with E-state index >= 15 is 0 Å². The van der Waals surface area contributed by atoms with E-state index in [0.29, 0.717) is 4.90 Å². The molecule has 0 aliphatic carbocycles. The maximum atomic E-state index is 12.5. The second-order valence-electron chi connectivity index (χ2n) is 7.08. The van der Waals surface area contributed by atoms with Crippen LogP contribution in [0.25, 0.3) is 0 Å². The molecule has 1 aliphatic rings. The lowest BCUT2D eigenvalue weighted by Gasteiger charge is -2.15. The Bertz CT molecular complexity index is 942. The smallest absolute Gasteiger partial charge is 0.339 e. The van der Waals surface area contributed by atoms with E-state index in [2.05, 4.69) is 5.32 Å². The lowest BCUT2D eigenvalue weighted by atomic mass is 10.1. The molecule has 162 valence electrons. The molecule has 3 amide bonds. The molecular weight excluding hydrogens is 416 g/mol. The molecule has 7 nitrogen and oxygen atoms in total. The van der Waals surface area contributed by atoms with Crippen molar-refractivity contribution in [2.45, 2.75) is 24.2 Å². The number of imide groups is 1. The molecular formula is C23H24N2O5S. The summed E-state index contributed by atoms with van der Waals surface area (Å²) in [5.74, 6) is -1.56. The van der Waals surface area contributed by atoms with Crippen LogP contribution in [0, 0.1) is 0 Å². The number of nitrogens with one attached hydrogen (secondary N) is 1. The number of rotatable bonds is 8. The largest absolute Gasteiger partial charge is 0.452 e. The summed E-state index contributed by atoms with van der Waals surface area (Å²) in [6.07, 6.45) is 2.11. The Labute approximate surface area is 185 Å². The monoisotopic (exact) mass is 440 g/mol. The summed E-state index contributed by atoms with van der Waals surface area (Å²) in [6.45, 7) is 0.993. The second kappa shape index (κ2) is 11.3. The van der Waals surface area contributed by atoms with E-state index in [-0.39, 0.29) is 23.6 Å². The van der Waals surface area contributed by atoms with E-state index in [9.17, 15) is 19.2 Å². The van der Waals surface area contributed by atoms with Crippen molar-refractivity contribution in [2.75, 3.05) is 25.4 Å². The summed E-state index contributed by atoms with van der Waals surface area (Å²) in [5.41, 5.74) is 1.06. The summed E-state index contributed by atoms with van der Waals surface area (Å²) in [5, 5.41) is 2.21. The zero-order valence-corrected chi connectivity index (χ0v) is 17.9. The van der Waals surface area contributed by atoms with Crippen molar-refractivity contribution < 1.29 is 23.9 Å². The number of ether oxygens (including phenoxy) is 1. The molecule has 0 radical (unpaired) electrons. The predicted molar refractivity (Wildman–Crippen MR) is 117 cm³/mol. The molecule has 0 saturated carbocycles. The van der Waals surface area contributed by atoms with Gasteiger partial charge in [-0.25, -0.2) is 4.79 Å². The highest BCUT2D eigenvalue weighted by Crippen LogP contribution is 2.24. The topological polar surface area (TPSA) is 92.8 Å². The average molecular weight is 441 g/mol. The van der Waals surface area contributed by atoms with Gasteiger partial charge >= 0.3 is 5.97 Å². The minimum atomic E-state index is -0.691. The molecule has 2 aromatic rings. The van der Waals surface area contributed by atoms with Crippen molar-refractivity contribution >= 4 is 35.5 Å². The van der Waals surface area contributed by atoms with Gasteiger partial charge in [0, 0.05) is 18.0 Å². The lowest BCUT2D eigenvalue weighted by molar-refractivity contribution is -0.132. The molecule has 0 aromatic heterocycles. The van der Waals surface area contributed by atoms with E-state index in [1.165, 1.54) is 11.8 Å². The number of amides is 3. The van der Waals surface area contributed by atoms with Crippen LogP contribution in [0.1, 0.15) is 28.8 Å². The van der Waals surface area contributed by atoms with E-state index in [0.717, 1.165) is 31.5 Å². The van der Waals surface area contributed by atoms with Gasteiger partial charge in [0.25, 0.3) is 5.91 Å². The molecule has 1 N–H and O–H groups in total. The molecule has 0 spiro atoms. The first-order chi connectivity index (χ1) is 15.0. The summed E-state index contributed by atoms with van der Waals surface area (Å²) in [6, 6.07) is 15.8. The van der Waals surface area contributed by atoms with Crippen molar-refractivity contribution in [3.63, 3.8) is 0 Å². The first-order valence-corrected chi connectivity index (χ1v) is 11.0. The van der Waals surface area contributed by atoms with Crippen molar-refractivity contribution in [3.8, 4) is 0 Å². The van der Waals surface area contributed by atoms with Crippen LogP contribution >= 0.6 is 11.8 Å². The Kier molecular flexibility index (Phi) is 8.23. The Morgan fingerprint density at radius 3 is 2.32 bits per heavy atom. The fraction of sp³-hybridized carbons (Fsp3) is 0.304. The number of hydrogen-bond acceptors (Lipinski definition) is 6. The van der Waals surface area contributed by atoms with Gasteiger partial charge in [-0.1, -0.05) is 42.5 Å². The average Bonchev–Trinajstić information content (AvgIpc) is 3.32. The van der Waals surface area contributed by atoms with Crippen LogP contribution in [0.15, 0.2) is 59.5 Å². The third kappa shape index (κ3) is 6.96. The fourth-order valence-corrected chi connectivity index (χ4v) is 4.13. The van der Waals surface area contributed by atoms with Crippen LogP contribution in [0.5, 0.6) is 0 Å². The molecule has 31 heavy (non-hydrogen) atoms. The van der Waals surface area contributed by atoms with Gasteiger partial charge in [-0.15, -0.1) is 11.8 Å². The van der Waals surface area contributed by atoms with Gasteiger partial charge in [-0.3, -0.25) is 19.7 Å². The van der Waals surface area contributed by atoms with Crippen molar-refractivity contribution in [2.24, 2.45) is 0 Å².